The predicted octanol–water partition coefficient (Wildman–Crippen LogP) is 1.48. The number of carbonyl (C=O) groups is 1. The topological polar surface area (TPSA) is 63.9 Å². The van der Waals surface area contributed by atoms with Crippen molar-refractivity contribution in [3.63, 3.8) is 0 Å². The number of hydrogen-bond donors (Lipinski definition) is 0. The Kier molecular flexibility index (Phi) is 3.68. The van der Waals surface area contributed by atoms with Crippen LogP contribution in [0.2, 0.25) is 0 Å². The highest BCUT2D eigenvalue weighted by atomic mass is 32.2. The van der Waals surface area contributed by atoms with Gasteiger partial charge >= 0.3 is 0 Å². The fourth-order valence-corrected chi connectivity index (χ4v) is 2.98. The van der Waals surface area contributed by atoms with Crippen LogP contribution in [-0.4, -0.2) is 50.1 Å². The number of thioether (sulfide) groups is 1. The Bertz CT molecular complexity index is 601. The standard InChI is InChI=1S/C13H15N5OS/c1-20-12-11(3-2-5-14-12)13(19)17-7-4-10(9-17)18-8-6-15-16-18/h2-3,5-6,8,10H,4,7,9H2,1H3/t10-/m0/s1. The Balaban J connectivity index is 1.76. The molecule has 1 amide bonds. The zero-order chi connectivity index (χ0) is 13.9. The van der Waals surface area contributed by atoms with Crippen LogP contribution in [0.25, 0.3) is 0 Å². The molecule has 2 aromatic heterocycles. The van der Waals surface area contributed by atoms with Crippen LogP contribution in [0.3, 0.4) is 0 Å². The summed E-state index contributed by atoms with van der Waals surface area (Å²) >= 11 is 1.49. The van der Waals surface area contributed by atoms with E-state index in [1.165, 1.54) is 11.8 Å². The molecular formula is C13H15N5OS. The van der Waals surface area contributed by atoms with E-state index in [0.717, 1.165) is 18.0 Å². The van der Waals surface area contributed by atoms with Gasteiger partial charge in [0.15, 0.2) is 0 Å². The molecule has 3 heterocycles. The molecule has 0 spiro atoms. The van der Waals surface area contributed by atoms with Gasteiger partial charge in [-0.05, 0) is 24.8 Å². The van der Waals surface area contributed by atoms with E-state index < -0.39 is 0 Å². The summed E-state index contributed by atoms with van der Waals surface area (Å²) < 4.78 is 1.83. The normalized spacial score (nSPS) is 18.4. The first kappa shape index (κ1) is 13.1. The van der Waals surface area contributed by atoms with Crippen molar-refractivity contribution >= 4 is 17.7 Å². The fraction of sp³-hybridized carbons (Fsp3) is 0.385. The summed E-state index contributed by atoms with van der Waals surface area (Å²) in [6, 6.07) is 3.86. The van der Waals surface area contributed by atoms with Crippen molar-refractivity contribution in [3.8, 4) is 0 Å². The molecule has 20 heavy (non-hydrogen) atoms. The largest absolute Gasteiger partial charge is 0.336 e. The Labute approximate surface area is 121 Å². The number of nitrogens with zero attached hydrogens (tertiary/aromatic N) is 5. The van der Waals surface area contributed by atoms with Crippen molar-refractivity contribution in [2.24, 2.45) is 0 Å². The Morgan fingerprint density at radius 1 is 1.45 bits per heavy atom. The first-order valence-corrected chi connectivity index (χ1v) is 7.66. The van der Waals surface area contributed by atoms with Crippen molar-refractivity contribution in [2.45, 2.75) is 17.5 Å². The van der Waals surface area contributed by atoms with Crippen LogP contribution in [0.1, 0.15) is 22.8 Å². The number of amides is 1. The quantitative estimate of drug-likeness (QED) is 0.801. The average molecular weight is 289 g/mol. The molecule has 3 rings (SSSR count). The van der Waals surface area contributed by atoms with Crippen molar-refractivity contribution in [1.29, 1.82) is 0 Å². The van der Waals surface area contributed by atoms with Gasteiger partial charge < -0.3 is 4.90 Å². The lowest BCUT2D eigenvalue weighted by Crippen LogP contribution is -2.29. The number of carbonyl (C=O) groups excluding carboxylic acids is 1. The highest BCUT2D eigenvalue weighted by Crippen LogP contribution is 2.24. The van der Waals surface area contributed by atoms with Gasteiger partial charge in [-0.2, -0.15) is 0 Å². The van der Waals surface area contributed by atoms with Gasteiger partial charge in [0.1, 0.15) is 5.03 Å². The van der Waals surface area contributed by atoms with Crippen LogP contribution < -0.4 is 0 Å². The first-order chi connectivity index (χ1) is 9.79. The van der Waals surface area contributed by atoms with E-state index in [9.17, 15) is 4.79 Å². The highest BCUT2D eigenvalue weighted by molar-refractivity contribution is 7.98. The molecule has 1 aliphatic rings. The minimum absolute atomic E-state index is 0.0464. The number of aromatic nitrogens is 4. The predicted molar refractivity (Wildman–Crippen MR) is 75.6 cm³/mol. The van der Waals surface area contributed by atoms with Crippen LogP contribution in [0, 0.1) is 0 Å². The van der Waals surface area contributed by atoms with Crippen LogP contribution in [-0.2, 0) is 0 Å². The lowest BCUT2D eigenvalue weighted by atomic mass is 10.2. The number of rotatable bonds is 3. The maximum atomic E-state index is 12.6. The van der Waals surface area contributed by atoms with Crippen LogP contribution in [0.5, 0.6) is 0 Å². The number of likely N-dealkylation sites (tertiary alicyclic amines) is 1. The number of pyridine rings is 1. The summed E-state index contributed by atoms with van der Waals surface area (Å²) in [6.07, 6.45) is 8.06. The monoisotopic (exact) mass is 289 g/mol. The molecule has 1 fully saturated rings. The van der Waals surface area contributed by atoms with E-state index in [1.54, 1.807) is 18.5 Å². The Morgan fingerprint density at radius 2 is 2.35 bits per heavy atom. The van der Waals surface area contributed by atoms with Gasteiger partial charge in [0.05, 0.1) is 17.8 Å². The maximum absolute atomic E-state index is 12.6. The molecule has 0 N–H and O–H groups in total. The summed E-state index contributed by atoms with van der Waals surface area (Å²) in [5.74, 6) is 0.0464. The average Bonchev–Trinajstić information content (AvgIpc) is 3.16. The zero-order valence-electron chi connectivity index (χ0n) is 11.1. The molecule has 1 aliphatic heterocycles. The molecule has 2 aromatic rings. The fourth-order valence-electron chi connectivity index (χ4n) is 2.44. The molecule has 0 bridgehead atoms. The van der Waals surface area contributed by atoms with Crippen LogP contribution in [0.4, 0.5) is 0 Å². The second kappa shape index (κ2) is 5.62. The molecule has 0 saturated carbocycles. The summed E-state index contributed by atoms with van der Waals surface area (Å²) in [4.78, 5) is 18.7. The van der Waals surface area contributed by atoms with Gasteiger partial charge in [0.25, 0.3) is 5.91 Å². The smallest absolute Gasteiger partial charge is 0.256 e. The third kappa shape index (κ3) is 2.40. The lowest BCUT2D eigenvalue weighted by Gasteiger charge is -2.17. The Hall–Kier alpha value is -1.89. The summed E-state index contributed by atoms with van der Waals surface area (Å²) in [5.41, 5.74) is 0.680. The van der Waals surface area contributed by atoms with Gasteiger partial charge in [0, 0.05) is 25.5 Å². The van der Waals surface area contributed by atoms with E-state index in [-0.39, 0.29) is 11.9 Å². The van der Waals surface area contributed by atoms with Crippen molar-refractivity contribution < 1.29 is 4.79 Å². The van der Waals surface area contributed by atoms with Crippen LogP contribution in [0.15, 0.2) is 35.7 Å². The Morgan fingerprint density at radius 3 is 3.10 bits per heavy atom. The van der Waals surface area contributed by atoms with Crippen molar-refractivity contribution in [2.75, 3.05) is 19.3 Å². The molecule has 0 aromatic carbocycles. The summed E-state index contributed by atoms with van der Waals surface area (Å²) in [7, 11) is 0. The molecule has 1 saturated heterocycles. The van der Waals surface area contributed by atoms with Gasteiger partial charge in [-0.3, -0.25) is 4.79 Å². The van der Waals surface area contributed by atoms with Crippen molar-refractivity contribution in [1.82, 2.24) is 24.9 Å². The molecule has 7 heteroatoms. The van der Waals surface area contributed by atoms with E-state index in [2.05, 4.69) is 15.3 Å². The third-order valence-electron chi connectivity index (χ3n) is 3.46. The van der Waals surface area contributed by atoms with E-state index in [1.807, 2.05) is 28.1 Å². The summed E-state index contributed by atoms with van der Waals surface area (Å²) in [5, 5.41) is 8.61. The van der Waals surface area contributed by atoms with Gasteiger partial charge in [-0.25, -0.2) is 9.67 Å². The zero-order valence-corrected chi connectivity index (χ0v) is 12.0. The molecule has 6 nitrogen and oxygen atoms in total. The van der Waals surface area contributed by atoms with Gasteiger partial charge in [-0.1, -0.05) is 5.21 Å². The minimum Gasteiger partial charge on any atom is -0.336 e. The van der Waals surface area contributed by atoms with E-state index in [0.29, 0.717) is 12.1 Å². The highest BCUT2D eigenvalue weighted by Gasteiger charge is 2.29. The SMILES string of the molecule is CSc1ncccc1C(=O)N1CC[C@H](n2ccnn2)C1. The molecule has 104 valence electrons. The van der Waals surface area contributed by atoms with Gasteiger partial charge in [-0.15, -0.1) is 16.9 Å². The number of hydrogen-bond acceptors (Lipinski definition) is 5. The molecule has 0 unspecified atom stereocenters. The second-order valence-electron chi connectivity index (χ2n) is 4.64. The lowest BCUT2D eigenvalue weighted by molar-refractivity contribution is 0.0782. The second-order valence-corrected chi connectivity index (χ2v) is 5.43. The third-order valence-corrected chi connectivity index (χ3v) is 4.17. The molecular weight excluding hydrogens is 274 g/mol. The van der Waals surface area contributed by atoms with Crippen molar-refractivity contribution in [3.05, 3.63) is 36.3 Å². The van der Waals surface area contributed by atoms with E-state index >= 15 is 0 Å². The molecule has 1 atom stereocenters. The molecule has 0 radical (unpaired) electrons. The first-order valence-electron chi connectivity index (χ1n) is 6.43. The van der Waals surface area contributed by atoms with Crippen LogP contribution >= 0.6 is 11.8 Å². The minimum atomic E-state index is 0.0464. The van der Waals surface area contributed by atoms with Gasteiger partial charge in [0.2, 0.25) is 0 Å². The molecule has 0 aliphatic carbocycles. The van der Waals surface area contributed by atoms with E-state index in [4.69, 9.17) is 0 Å². The maximum Gasteiger partial charge on any atom is 0.256 e. The summed E-state index contributed by atoms with van der Waals surface area (Å²) in [6.45, 7) is 1.41.